The maximum Gasteiger partial charge on any atom is 0.239 e. The highest BCUT2D eigenvalue weighted by Crippen LogP contribution is 2.12. The third-order valence-corrected chi connectivity index (χ3v) is 2.49. The minimum absolute atomic E-state index is 0.0461. The molecule has 0 bridgehead atoms. The van der Waals surface area contributed by atoms with Crippen LogP contribution in [0.15, 0.2) is 18.2 Å². The number of pyridine rings is 1. The van der Waals surface area contributed by atoms with E-state index in [1.807, 2.05) is 37.1 Å². The van der Waals surface area contributed by atoms with Gasteiger partial charge in [-0.15, -0.1) is 0 Å². The van der Waals surface area contributed by atoms with Crippen LogP contribution in [0.3, 0.4) is 0 Å². The lowest BCUT2D eigenvalue weighted by Crippen LogP contribution is -2.37. The lowest BCUT2D eigenvalue weighted by atomic mass is 10.4. The van der Waals surface area contributed by atoms with Gasteiger partial charge in [0.25, 0.3) is 0 Å². The monoisotopic (exact) mass is 266 g/mol. The summed E-state index contributed by atoms with van der Waals surface area (Å²) in [5.74, 6) is 1.53. The SMILES string of the molecule is CCNc1cccc(N(C)CC(=O)NCCOC)n1. The van der Waals surface area contributed by atoms with Gasteiger partial charge in [-0.3, -0.25) is 4.79 Å². The van der Waals surface area contributed by atoms with Crippen molar-refractivity contribution in [1.82, 2.24) is 10.3 Å². The van der Waals surface area contributed by atoms with Gasteiger partial charge in [-0.25, -0.2) is 4.98 Å². The number of methoxy groups -OCH3 is 1. The summed E-state index contributed by atoms with van der Waals surface area (Å²) in [6.07, 6.45) is 0. The van der Waals surface area contributed by atoms with Crippen molar-refractivity contribution < 1.29 is 9.53 Å². The molecule has 0 fully saturated rings. The molecule has 6 heteroatoms. The van der Waals surface area contributed by atoms with Crippen molar-refractivity contribution in [2.24, 2.45) is 0 Å². The van der Waals surface area contributed by atoms with Gasteiger partial charge in [0.15, 0.2) is 0 Å². The van der Waals surface area contributed by atoms with Gasteiger partial charge in [0.1, 0.15) is 11.6 Å². The van der Waals surface area contributed by atoms with Crippen molar-refractivity contribution in [3.05, 3.63) is 18.2 Å². The fourth-order valence-corrected chi connectivity index (χ4v) is 1.56. The van der Waals surface area contributed by atoms with Crippen LogP contribution in [0, 0.1) is 0 Å². The van der Waals surface area contributed by atoms with E-state index in [2.05, 4.69) is 15.6 Å². The third kappa shape index (κ3) is 5.56. The average molecular weight is 266 g/mol. The summed E-state index contributed by atoms with van der Waals surface area (Å²) in [4.78, 5) is 17.9. The Morgan fingerprint density at radius 3 is 2.95 bits per heavy atom. The van der Waals surface area contributed by atoms with Crippen LogP contribution in [-0.2, 0) is 9.53 Å². The van der Waals surface area contributed by atoms with E-state index >= 15 is 0 Å². The molecule has 0 aliphatic rings. The van der Waals surface area contributed by atoms with Crippen molar-refractivity contribution in [3.8, 4) is 0 Å². The molecule has 1 amide bonds. The van der Waals surface area contributed by atoms with Gasteiger partial charge in [0, 0.05) is 27.2 Å². The van der Waals surface area contributed by atoms with Crippen molar-refractivity contribution in [2.75, 3.05) is 50.6 Å². The molecule has 0 saturated heterocycles. The van der Waals surface area contributed by atoms with Gasteiger partial charge in [0.05, 0.1) is 13.2 Å². The van der Waals surface area contributed by atoms with E-state index in [1.165, 1.54) is 0 Å². The van der Waals surface area contributed by atoms with E-state index in [0.29, 0.717) is 13.2 Å². The number of carbonyl (C=O) groups is 1. The van der Waals surface area contributed by atoms with E-state index in [0.717, 1.165) is 18.2 Å². The molecule has 0 atom stereocenters. The molecule has 0 spiro atoms. The van der Waals surface area contributed by atoms with Gasteiger partial charge in [0.2, 0.25) is 5.91 Å². The lowest BCUT2D eigenvalue weighted by Gasteiger charge is -2.18. The number of rotatable bonds is 8. The second-order valence-electron chi connectivity index (χ2n) is 4.11. The highest BCUT2D eigenvalue weighted by molar-refractivity contribution is 5.80. The number of hydrogen-bond acceptors (Lipinski definition) is 5. The van der Waals surface area contributed by atoms with E-state index < -0.39 is 0 Å². The molecule has 6 nitrogen and oxygen atoms in total. The molecule has 0 aliphatic heterocycles. The molecule has 0 aliphatic carbocycles. The third-order valence-electron chi connectivity index (χ3n) is 2.49. The number of hydrogen-bond donors (Lipinski definition) is 2. The normalized spacial score (nSPS) is 10.1. The summed E-state index contributed by atoms with van der Waals surface area (Å²) in [5, 5.41) is 5.92. The predicted octanol–water partition coefficient (Wildman–Crippen LogP) is 0.712. The first kappa shape index (κ1) is 15.2. The number of ether oxygens (including phenoxy) is 1. The standard InChI is InChI=1S/C13H22N4O2/c1-4-14-11-6-5-7-12(16-11)17(2)10-13(18)15-8-9-19-3/h5-7H,4,8-10H2,1-3H3,(H,14,16)(H,15,18). The largest absolute Gasteiger partial charge is 0.383 e. The Morgan fingerprint density at radius 2 is 2.26 bits per heavy atom. The van der Waals surface area contributed by atoms with E-state index in [1.54, 1.807) is 7.11 Å². The molecule has 1 aromatic rings. The summed E-state index contributed by atoms with van der Waals surface area (Å²) in [5.41, 5.74) is 0. The minimum atomic E-state index is -0.0461. The van der Waals surface area contributed by atoms with Crippen LogP contribution in [0.5, 0.6) is 0 Å². The highest BCUT2D eigenvalue weighted by atomic mass is 16.5. The van der Waals surface area contributed by atoms with E-state index in [4.69, 9.17) is 4.74 Å². The number of amides is 1. The molecular weight excluding hydrogens is 244 g/mol. The zero-order valence-electron chi connectivity index (χ0n) is 11.8. The Balaban J connectivity index is 2.50. The maximum atomic E-state index is 11.7. The quantitative estimate of drug-likeness (QED) is 0.678. The fourth-order valence-electron chi connectivity index (χ4n) is 1.56. The van der Waals surface area contributed by atoms with Crippen LogP contribution < -0.4 is 15.5 Å². The van der Waals surface area contributed by atoms with Crippen LogP contribution in [-0.4, -0.2) is 51.3 Å². The average Bonchev–Trinajstić information content (AvgIpc) is 2.39. The zero-order chi connectivity index (χ0) is 14.1. The molecular formula is C13H22N4O2. The van der Waals surface area contributed by atoms with Crippen molar-refractivity contribution >= 4 is 17.5 Å². The van der Waals surface area contributed by atoms with Crippen LogP contribution in [0.25, 0.3) is 0 Å². The van der Waals surface area contributed by atoms with Gasteiger partial charge < -0.3 is 20.3 Å². The van der Waals surface area contributed by atoms with E-state index in [-0.39, 0.29) is 12.5 Å². The lowest BCUT2D eigenvalue weighted by molar-refractivity contribution is -0.119. The summed E-state index contributed by atoms with van der Waals surface area (Å²) in [6, 6.07) is 5.70. The van der Waals surface area contributed by atoms with Crippen molar-refractivity contribution in [3.63, 3.8) is 0 Å². The van der Waals surface area contributed by atoms with Crippen molar-refractivity contribution in [2.45, 2.75) is 6.92 Å². The Morgan fingerprint density at radius 1 is 1.47 bits per heavy atom. The smallest absolute Gasteiger partial charge is 0.239 e. The Labute approximate surface area is 114 Å². The summed E-state index contributed by atoms with van der Waals surface area (Å²) < 4.78 is 4.88. The molecule has 1 heterocycles. The molecule has 0 radical (unpaired) electrons. The van der Waals surface area contributed by atoms with Crippen LogP contribution in [0.4, 0.5) is 11.6 Å². The molecule has 0 saturated carbocycles. The number of aromatic nitrogens is 1. The second kappa shape index (κ2) is 8.31. The Bertz CT molecular complexity index is 398. The number of anilines is 2. The summed E-state index contributed by atoms with van der Waals surface area (Å²) in [7, 11) is 3.45. The topological polar surface area (TPSA) is 66.5 Å². The van der Waals surface area contributed by atoms with Gasteiger partial charge >= 0.3 is 0 Å². The first-order valence-corrected chi connectivity index (χ1v) is 6.35. The van der Waals surface area contributed by atoms with Crippen LogP contribution in [0.2, 0.25) is 0 Å². The van der Waals surface area contributed by atoms with Crippen LogP contribution >= 0.6 is 0 Å². The fraction of sp³-hybridized carbons (Fsp3) is 0.538. The minimum Gasteiger partial charge on any atom is -0.383 e. The predicted molar refractivity (Wildman–Crippen MR) is 76.6 cm³/mol. The number of nitrogens with zero attached hydrogens (tertiary/aromatic N) is 2. The summed E-state index contributed by atoms with van der Waals surface area (Å²) >= 11 is 0. The molecule has 2 N–H and O–H groups in total. The van der Waals surface area contributed by atoms with E-state index in [9.17, 15) is 4.79 Å². The van der Waals surface area contributed by atoms with Gasteiger partial charge in [-0.1, -0.05) is 6.07 Å². The van der Waals surface area contributed by atoms with Gasteiger partial charge in [-0.2, -0.15) is 0 Å². The molecule has 19 heavy (non-hydrogen) atoms. The number of nitrogens with one attached hydrogen (secondary N) is 2. The molecule has 0 aromatic carbocycles. The number of carbonyl (C=O) groups excluding carboxylic acids is 1. The second-order valence-corrected chi connectivity index (χ2v) is 4.11. The van der Waals surface area contributed by atoms with Crippen LogP contribution in [0.1, 0.15) is 6.92 Å². The Kier molecular flexibility index (Phi) is 6.67. The Hall–Kier alpha value is -1.82. The summed E-state index contributed by atoms with van der Waals surface area (Å²) in [6.45, 7) is 4.14. The molecule has 1 aromatic heterocycles. The molecule has 1 rings (SSSR count). The molecule has 106 valence electrons. The highest BCUT2D eigenvalue weighted by Gasteiger charge is 2.08. The maximum absolute atomic E-state index is 11.7. The first-order chi connectivity index (χ1) is 9.17. The molecule has 0 unspecified atom stereocenters. The van der Waals surface area contributed by atoms with Gasteiger partial charge in [-0.05, 0) is 19.1 Å². The number of likely N-dealkylation sites (N-methyl/N-ethyl adjacent to an activating group) is 1. The first-order valence-electron chi connectivity index (χ1n) is 6.35. The van der Waals surface area contributed by atoms with Crippen molar-refractivity contribution in [1.29, 1.82) is 0 Å². The zero-order valence-corrected chi connectivity index (χ0v) is 11.8.